The number of amides is 1. The molecular weight excluding hydrogens is 294 g/mol. The van der Waals surface area contributed by atoms with E-state index in [-0.39, 0.29) is 24.7 Å². The van der Waals surface area contributed by atoms with Crippen molar-refractivity contribution in [3.05, 3.63) is 23.3 Å². The molecule has 0 saturated carbocycles. The van der Waals surface area contributed by atoms with Gasteiger partial charge in [0.15, 0.2) is 11.5 Å². The lowest BCUT2D eigenvalue weighted by atomic mass is 9.95. The van der Waals surface area contributed by atoms with Crippen molar-refractivity contribution in [1.29, 1.82) is 0 Å². The molecule has 0 radical (unpaired) electrons. The average molecular weight is 319 g/mol. The molecule has 0 N–H and O–H groups in total. The molecule has 1 aromatic carbocycles. The van der Waals surface area contributed by atoms with Gasteiger partial charge in [0.05, 0.1) is 20.3 Å². The first kappa shape index (κ1) is 16.1. The number of methoxy groups -OCH3 is 2. The first-order chi connectivity index (χ1) is 11.2. The van der Waals surface area contributed by atoms with Crippen LogP contribution in [0.25, 0.3) is 0 Å². The van der Waals surface area contributed by atoms with Gasteiger partial charge in [-0.2, -0.15) is 0 Å². The van der Waals surface area contributed by atoms with Crippen LogP contribution < -0.4 is 9.47 Å². The summed E-state index contributed by atoms with van der Waals surface area (Å²) in [5.41, 5.74) is 2.30. The minimum Gasteiger partial charge on any atom is -0.493 e. The zero-order valence-corrected chi connectivity index (χ0v) is 14.1. The first-order valence-corrected chi connectivity index (χ1v) is 8.36. The molecule has 2 aliphatic rings. The number of morpholine rings is 1. The summed E-state index contributed by atoms with van der Waals surface area (Å²) < 4.78 is 17.0. The van der Waals surface area contributed by atoms with Gasteiger partial charge in [-0.3, -0.25) is 4.79 Å². The van der Waals surface area contributed by atoms with Gasteiger partial charge >= 0.3 is 0 Å². The minimum absolute atomic E-state index is 0.0726. The van der Waals surface area contributed by atoms with Crippen LogP contribution in [0.2, 0.25) is 0 Å². The lowest BCUT2D eigenvalue weighted by molar-refractivity contribution is -0.158. The summed E-state index contributed by atoms with van der Waals surface area (Å²) in [6, 6.07) is 4.12. The molecule has 1 heterocycles. The van der Waals surface area contributed by atoms with Gasteiger partial charge in [-0.05, 0) is 37.3 Å². The second-order valence-corrected chi connectivity index (χ2v) is 6.15. The van der Waals surface area contributed by atoms with Gasteiger partial charge in [0.2, 0.25) is 5.91 Å². The Morgan fingerprint density at radius 1 is 1.30 bits per heavy atom. The number of nitrogens with zero attached hydrogens (tertiary/aromatic N) is 1. The van der Waals surface area contributed by atoms with E-state index < -0.39 is 0 Å². The van der Waals surface area contributed by atoms with Crippen molar-refractivity contribution in [3.63, 3.8) is 0 Å². The van der Waals surface area contributed by atoms with Crippen LogP contribution in [-0.2, 0) is 16.0 Å². The lowest BCUT2D eigenvalue weighted by Crippen LogP contribution is -2.50. The topological polar surface area (TPSA) is 48.0 Å². The van der Waals surface area contributed by atoms with E-state index in [4.69, 9.17) is 14.2 Å². The van der Waals surface area contributed by atoms with Crippen LogP contribution in [0.15, 0.2) is 12.1 Å². The van der Waals surface area contributed by atoms with Crippen molar-refractivity contribution in [2.75, 3.05) is 27.4 Å². The quantitative estimate of drug-likeness (QED) is 0.856. The summed E-state index contributed by atoms with van der Waals surface area (Å²) in [6.45, 7) is 3.07. The summed E-state index contributed by atoms with van der Waals surface area (Å²) in [5, 5.41) is 0. The van der Waals surface area contributed by atoms with Crippen LogP contribution in [-0.4, -0.2) is 44.2 Å². The number of hydrogen-bond acceptors (Lipinski definition) is 4. The van der Waals surface area contributed by atoms with Crippen LogP contribution in [0, 0.1) is 0 Å². The largest absolute Gasteiger partial charge is 0.493 e. The predicted octanol–water partition coefficient (Wildman–Crippen LogP) is 2.72. The van der Waals surface area contributed by atoms with Crippen molar-refractivity contribution >= 4 is 5.91 Å². The Balaban J connectivity index is 2.03. The molecule has 5 nitrogen and oxygen atoms in total. The second-order valence-electron chi connectivity index (χ2n) is 6.15. The molecule has 1 amide bonds. The van der Waals surface area contributed by atoms with E-state index in [1.807, 2.05) is 11.0 Å². The fraction of sp³-hybridized carbons (Fsp3) is 0.611. The molecule has 1 aliphatic carbocycles. The Morgan fingerprint density at radius 3 is 2.83 bits per heavy atom. The highest BCUT2D eigenvalue weighted by molar-refractivity contribution is 5.78. The van der Waals surface area contributed by atoms with Crippen molar-refractivity contribution in [2.24, 2.45) is 0 Å². The van der Waals surface area contributed by atoms with Crippen molar-refractivity contribution < 1.29 is 19.0 Å². The van der Waals surface area contributed by atoms with Crippen molar-refractivity contribution in [2.45, 2.75) is 44.8 Å². The van der Waals surface area contributed by atoms with Gasteiger partial charge in [0.1, 0.15) is 12.7 Å². The van der Waals surface area contributed by atoms with Gasteiger partial charge in [-0.1, -0.05) is 13.0 Å². The number of fused-ring (bicyclic) bond motifs is 3. The molecule has 1 aliphatic heterocycles. The van der Waals surface area contributed by atoms with Crippen LogP contribution in [0.4, 0.5) is 0 Å². The third-order valence-electron chi connectivity index (χ3n) is 4.84. The summed E-state index contributed by atoms with van der Waals surface area (Å²) >= 11 is 0. The van der Waals surface area contributed by atoms with E-state index in [0.717, 1.165) is 54.9 Å². The molecule has 3 rings (SSSR count). The Labute approximate surface area is 137 Å². The summed E-state index contributed by atoms with van der Waals surface area (Å²) in [6.07, 6.45) is 3.77. The molecule has 2 atom stereocenters. The lowest BCUT2D eigenvalue weighted by Gasteiger charge is -2.41. The first-order valence-electron chi connectivity index (χ1n) is 8.36. The highest BCUT2D eigenvalue weighted by Crippen LogP contribution is 2.43. The van der Waals surface area contributed by atoms with Crippen LogP contribution >= 0.6 is 0 Å². The molecule has 1 saturated heterocycles. The van der Waals surface area contributed by atoms with Crippen molar-refractivity contribution in [3.8, 4) is 11.5 Å². The summed E-state index contributed by atoms with van der Waals surface area (Å²) in [4.78, 5) is 14.3. The minimum atomic E-state index is -0.0726. The zero-order chi connectivity index (χ0) is 16.4. The molecule has 0 aromatic heterocycles. The molecular formula is C18H25NO4. The number of ether oxygens (including phenoxy) is 3. The molecule has 126 valence electrons. The maximum Gasteiger partial charge on any atom is 0.248 e. The highest BCUT2D eigenvalue weighted by Gasteiger charge is 2.40. The Hall–Kier alpha value is -1.75. The van der Waals surface area contributed by atoms with Crippen LogP contribution in [0.1, 0.15) is 43.4 Å². The number of benzene rings is 1. The molecule has 5 heteroatoms. The van der Waals surface area contributed by atoms with E-state index >= 15 is 0 Å². The SMILES string of the molecule is CCCN1C(=O)CO[C@@H]2c3ccc(OC)c(OC)c3CCC[C@H]21. The number of rotatable bonds is 4. The third kappa shape index (κ3) is 2.78. The molecule has 0 bridgehead atoms. The zero-order valence-electron chi connectivity index (χ0n) is 14.1. The Morgan fingerprint density at radius 2 is 2.13 bits per heavy atom. The summed E-state index contributed by atoms with van der Waals surface area (Å²) in [5.74, 6) is 1.66. The number of hydrogen-bond donors (Lipinski definition) is 0. The smallest absolute Gasteiger partial charge is 0.248 e. The molecule has 1 fully saturated rings. The molecule has 23 heavy (non-hydrogen) atoms. The van der Waals surface area contributed by atoms with Gasteiger partial charge in [0, 0.05) is 12.1 Å². The van der Waals surface area contributed by atoms with Gasteiger partial charge in [-0.25, -0.2) is 0 Å². The Bertz CT molecular complexity index is 587. The number of carbonyl (C=O) groups excluding carboxylic acids is 1. The number of carbonyl (C=O) groups is 1. The fourth-order valence-electron chi connectivity index (χ4n) is 3.86. The van der Waals surface area contributed by atoms with E-state index in [1.165, 1.54) is 0 Å². The van der Waals surface area contributed by atoms with Crippen LogP contribution in [0.3, 0.4) is 0 Å². The van der Waals surface area contributed by atoms with Crippen LogP contribution in [0.5, 0.6) is 11.5 Å². The van der Waals surface area contributed by atoms with E-state index in [1.54, 1.807) is 14.2 Å². The average Bonchev–Trinajstić information content (AvgIpc) is 2.75. The maximum atomic E-state index is 12.2. The fourth-order valence-corrected chi connectivity index (χ4v) is 3.86. The maximum absolute atomic E-state index is 12.2. The van der Waals surface area contributed by atoms with Gasteiger partial charge < -0.3 is 19.1 Å². The van der Waals surface area contributed by atoms with Gasteiger partial charge in [0.25, 0.3) is 0 Å². The van der Waals surface area contributed by atoms with E-state index in [0.29, 0.717) is 0 Å². The third-order valence-corrected chi connectivity index (χ3v) is 4.84. The molecule has 1 aromatic rings. The Kier molecular flexibility index (Phi) is 4.76. The predicted molar refractivity (Wildman–Crippen MR) is 87.0 cm³/mol. The van der Waals surface area contributed by atoms with E-state index in [2.05, 4.69) is 13.0 Å². The molecule has 0 spiro atoms. The van der Waals surface area contributed by atoms with Crippen molar-refractivity contribution in [1.82, 2.24) is 4.90 Å². The van der Waals surface area contributed by atoms with E-state index in [9.17, 15) is 4.79 Å². The molecule has 0 unspecified atom stereocenters. The monoisotopic (exact) mass is 319 g/mol. The summed E-state index contributed by atoms with van der Waals surface area (Å²) in [7, 11) is 3.33. The van der Waals surface area contributed by atoms with Gasteiger partial charge in [-0.15, -0.1) is 0 Å². The standard InChI is InChI=1S/C18H25NO4/c1-4-10-19-14-7-5-6-12-13(17(14)23-11-16(19)20)8-9-15(21-2)18(12)22-3/h8-9,14,17H,4-7,10-11H2,1-3H3/t14-,17-/m1/s1. The second kappa shape index (κ2) is 6.79. The highest BCUT2D eigenvalue weighted by atomic mass is 16.5. The normalized spacial score (nSPS) is 23.8.